The summed E-state index contributed by atoms with van der Waals surface area (Å²) in [6.45, 7) is 4.30. The van der Waals surface area contributed by atoms with E-state index < -0.39 is 0 Å². The van der Waals surface area contributed by atoms with E-state index in [0.717, 1.165) is 27.9 Å². The van der Waals surface area contributed by atoms with Gasteiger partial charge in [-0.2, -0.15) is 0 Å². The van der Waals surface area contributed by atoms with Crippen molar-refractivity contribution in [2.75, 3.05) is 7.11 Å². The van der Waals surface area contributed by atoms with E-state index in [9.17, 15) is 0 Å². The molecule has 0 amide bonds. The van der Waals surface area contributed by atoms with Crippen molar-refractivity contribution in [3.63, 3.8) is 0 Å². The minimum Gasteiger partial charge on any atom is -0.493 e. The lowest BCUT2D eigenvalue weighted by molar-refractivity contribution is 0.285. The lowest BCUT2D eigenvalue weighted by Gasteiger charge is -2.14. The summed E-state index contributed by atoms with van der Waals surface area (Å²) in [6, 6.07) is 15.0. The number of benzene rings is 3. The summed E-state index contributed by atoms with van der Waals surface area (Å²) < 4.78 is 11.4. The van der Waals surface area contributed by atoms with E-state index in [1.165, 1.54) is 0 Å². The van der Waals surface area contributed by atoms with Gasteiger partial charge in [-0.1, -0.05) is 53.0 Å². The molecule has 0 saturated carbocycles. The molecule has 0 aliphatic carbocycles. The van der Waals surface area contributed by atoms with Crippen LogP contribution in [0, 0.1) is 13.8 Å². The number of rotatable bonds is 6. The van der Waals surface area contributed by atoms with E-state index in [1.54, 1.807) is 31.5 Å². The Morgan fingerprint density at radius 2 is 1.72 bits per heavy atom. The van der Waals surface area contributed by atoms with Crippen LogP contribution in [-0.2, 0) is 6.61 Å². The van der Waals surface area contributed by atoms with Crippen LogP contribution in [0.1, 0.15) is 22.3 Å². The minimum atomic E-state index is 0.238. The Hall–Kier alpha value is -2.20. The zero-order valence-corrected chi connectivity index (χ0v) is 18.6. The van der Waals surface area contributed by atoms with Gasteiger partial charge in [0.2, 0.25) is 0 Å². The van der Waals surface area contributed by atoms with Gasteiger partial charge in [-0.05, 0) is 60.9 Å². The van der Waals surface area contributed by atoms with Crippen molar-refractivity contribution in [3.05, 3.63) is 85.9 Å². The Morgan fingerprint density at radius 3 is 2.45 bits per heavy atom. The number of ether oxygens (including phenoxy) is 2. The van der Waals surface area contributed by atoms with Gasteiger partial charge in [0.05, 0.1) is 17.8 Å². The molecule has 0 heterocycles. The molecule has 0 unspecified atom stereocenters. The first-order valence-corrected chi connectivity index (χ1v) is 10.1. The van der Waals surface area contributed by atoms with Gasteiger partial charge in [-0.25, -0.2) is 0 Å². The highest BCUT2D eigenvalue weighted by molar-refractivity contribution is 6.35. The maximum atomic E-state index is 6.46. The number of hydrogen-bond donors (Lipinski definition) is 0. The Labute approximate surface area is 185 Å². The quantitative estimate of drug-likeness (QED) is 0.363. The summed E-state index contributed by atoms with van der Waals surface area (Å²) in [5.74, 6) is 0.967. The highest BCUT2D eigenvalue weighted by Crippen LogP contribution is 2.37. The van der Waals surface area contributed by atoms with Crippen molar-refractivity contribution < 1.29 is 9.47 Å². The van der Waals surface area contributed by atoms with E-state index in [-0.39, 0.29) is 6.61 Å². The van der Waals surface area contributed by atoms with E-state index in [4.69, 9.17) is 44.3 Å². The summed E-state index contributed by atoms with van der Waals surface area (Å²) in [5, 5.41) is 1.53. The average Bonchev–Trinajstić information content (AvgIpc) is 2.68. The van der Waals surface area contributed by atoms with Gasteiger partial charge in [0, 0.05) is 21.8 Å². The molecule has 29 heavy (non-hydrogen) atoms. The molecule has 0 saturated heterocycles. The zero-order chi connectivity index (χ0) is 21.0. The Kier molecular flexibility index (Phi) is 7.07. The van der Waals surface area contributed by atoms with Crippen LogP contribution in [0.25, 0.3) is 0 Å². The van der Waals surface area contributed by atoms with Gasteiger partial charge < -0.3 is 9.47 Å². The van der Waals surface area contributed by atoms with E-state index in [0.29, 0.717) is 26.6 Å². The lowest BCUT2D eigenvalue weighted by Crippen LogP contribution is -2.00. The van der Waals surface area contributed by atoms with Gasteiger partial charge in [0.15, 0.2) is 11.5 Å². The number of aliphatic imine (C=N–C) groups is 1. The van der Waals surface area contributed by atoms with E-state index in [1.807, 2.05) is 32.0 Å². The van der Waals surface area contributed by atoms with E-state index in [2.05, 4.69) is 17.1 Å². The van der Waals surface area contributed by atoms with Gasteiger partial charge in [-0.15, -0.1) is 0 Å². The SMILES string of the molecule is COc1cc(C=Nc2cc(C)ccc2C)cc(Cl)c1OCc1ccc(Cl)cc1Cl. The first-order chi connectivity index (χ1) is 13.9. The molecule has 0 N–H and O–H groups in total. The predicted molar refractivity (Wildman–Crippen MR) is 122 cm³/mol. The molecule has 0 spiro atoms. The second kappa shape index (κ2) is 9.53. The van der Waals surface area contributed by atoms with Crippen molar-refractivity contribution in [2.45, 2.75) is 20.5 Å². The first kappa shape index (κ1) is 21.5. The Balaban J connectivity index is 1.83. The fourth-order valence-electron chi connectivity index (χ4n) is 2.75. The average molecular weight is 449 g/mol. The normalized spacial score (nSPS) is 11.1. The third-order valence-electron chi connectivity index (χ3n) is 4.36. The first-order valence-electron chi connectivity index (χ1n) is 8.93. The topological polar surface area (TPSA) is 30.8 Å². The molecule has 150 valence electrons. The molecule has 0 bridgehead atoms. The van der Waals surface area contributed by atoms with Gasteiger partial charge in [0.25, 0.3) is 0 Å². The van der Waals surface area contributed by atoms with Crippen LogP contribution in [0.15, 0.2) is 53.5 Å². The summed E-state index contributed by atoms with van der Waals surface area (Å²) in [4.78, 5) is 4.59. The monoisotopic (exact) mass is 447 g/mol. The van der Waals surface area contributed by atoms with Gasteiger partial charge in [0.1, 0.15) is 6.61 Å². The van der Waals surface area contributed by atoms with Crippen molar-refractivity contribution >= 4 is 46.7 Å². The van der Waals surface area contributed by atoms with Crippen LogP contribution in [-0.4, -0.2) is 13.3 Å². The molecular weight excluding hydrogens is 429 g/mol. The fourth-order valence-corrected chi connectivity index (χ4v) is 3.48. The second-order valence-electron chi connectivity index (χ2n) is 6.61. The standard InChI is InChI=1S/C23H20Cl3NO2/c1-14-4-5-15(2)21(8-14)27-12-16-9-20(26)23(22(10-16)28-3)29-13-17-6-7-18(24)11-19(17)25/h4-12H,13H2,1-3H3. The summed E-state index contributed by atoms with van der Waals surface area (Å²) in [6.07, 6.45) is 1.76. The van der Waals surface area contributed by atoms with Crippen molar-refractivity contribution in [2.24, 2.45) is 4.99 Å². The van der Waals surface area contributed by atoms with Crippen LogP contribution in [0.2, 0.25) is 15.1 Å². The molecule has 3 nitrogen and oxygen atoms in total. The zero-order valence-electron chi connectivity index (χ0n) is 16.3. The van der Waals surface area contributed by atoms with E-state index >= 15 is 0 Å². The Morgan fingerprint density at radius 1 is 0.931 bits per heavy atom. The molecule has 0 aromatic heterocycles. The van der Waals surface area contributed by atoms with Gasteiger partial charge >= 0.3 is 0 Å². The van der Waals surface area contributed by atoms with Crippen molar-refractivity contribution in [1.82, 2.24) is 0 Å². The van der Waals surface area contributed by atoms with Crippen LogP contribution < -0.4 is 9.47 Å². The number of methoxy groups -OCH3 is 1. The molecule has 3 aromatic carbocycles. The smallest absolute Gasteiger partial charge is 0.180 e. The van der Waals surface area contributed by atoms with Crippen LogP contribution in [0.5, 0.6) is 11.5 Å². The van der Waals surface area contributed by atoms with Crippen LogP contribution >= 0.6 is 34.8 Å². The maximum absolute atomic E-state index is 6.46. The molecule has 3 aromatic rings. The number of nitrogens with zero attached hydrogens (tertiary/aromatic N) is 1. The third kappa shape index (κ3) is 5.45. The Bertz CT molecular complexity index is 1060. The predicted octanol–water partition coefficient (Wildman–Crippen LogP) is 7.60. The second-order valence-corrected chi connectivity index (χ2v) is 7.86. The molecule has 0 aliphatic heterocycles. The highest BCUT2D eigenvalue weighted by atomic mass is 35.5. The minimum absolute atomic E-state index is 0.238. The molecule has 0 atom stereocenters. The van der Waals surface area contributed by atoms with Gasteiger partial charge in [-0.3, -0.25) is 4.99 Å². The van der Waals surface area contributed by atoms with Crippen molar-refractivity contribution in [3.8, 4) is 11.5 Å². The summed E-state index contributed by atoms with van der Waals surface area (Å²) >= 11 is 18.6. The molecule has 0 aliphatic rings. The summed E-state index contributed by atoms with van der Waals surface area (Å²) in [5.41, 5.74) is 4.78. The molecule has 0 radical (unpaired) electrons. The lowest BCUT2D eigenvalue weighted by atomic mass is 10.1. The number of aryl methyl sites for hydroxylation is 2. The van der Waals surface area contributed by atoms with Crippen molar-refractivity contribution in [1.29, 1.82) is 0 Å². The third-order valence-corrected chi connectivity index (χ3v) is 5.22. The fraction of sp³-hybridized carbons (Fsp3) is 0.174. The molecule has 6 heteroatoms. The van der Waals surface area contributed by atoms with Crippen LogP contribution in [0.3, 0.4) is 0 Å². The van der Waals surface area contributed by atoms with Crippen LogP contribution in [0.4, 0.5) is 5.69 Å². The number of hydrogen-bond acceptors (Lipinski definition) is 3. The summed E-state index contributed by atoms with van der Waals surface area (Å²) in [7, 11) is 1.57. The maximum Gasteiger partial charge on any atom is 0.180 e. The molecule has 0 fully saturated rings. The molecule has 3 rings (SSSR count). The number of halogens is 3. The molecular formula is C23H20Cl3NO2. The largest absolute Gasteiger partial charge is 0.493 e. The highest BCUT2D eigenvalue weighted by Gasteiger charge is 2.13.